The van der Waals surface area contributed by atoms with Crippen LogP contribution in [0, 0.1) is 3.57 Å². The lowest BCUT2D eigenvalue weighted by atomic mass is 10.1. The predicted octanol–water partition coefficient (Wildman–Crippen LogP) is 3.92. The van der Waals surface area contributed by atoms with Gasteiger partial charge in [0, 0.05) is 20.7 Å². The van der Waals surface area contributed by atoms with Gasteiger partial charge in [0.15, 0.2) is 0 Å². The van der Waals surface area contributed by atoms with Gasteiger partial charge in [-0.15, -0.1) is 0 Å². The first-order valence-electron chi connectivity index (χ1n) is 5.93. The fraction of sp³-hybridized carbons (Fsp3) is 0.133. The first kappa shape index (κ1) is 14.3. The molecule has 0 fully saturated rings. The van der Waals surface area contributed by atoms with E-state index in [-0.39, 0.29) is 5.91 Å². The fourth-order valence-corrected chi connectivity index (χ4v) is 2.29. The highest BCUT2D eigenvalue weighted by molar-refractivity contribution is 14.1. The average Bonchev–Trinajstić information content (AvgIpc) is 2.39. The highest BCUT2D eigenvalue weighted by atomic mass is 127. The second kappa shape index (κ2) is 6.91. The van der Waals surface area contributed by atoms with Gasteiger partial charge in [-0.25, -0.2) is 0 Å². The third-order valence-electron chi connectivity index (χ3n) is 2.69. The lowest BCUT2D eigenvalue weighted by Gasteiger charge is -2.06. The highest BCUT2D eigenvalue weighted by Gasteiger charge is 2.04. The molecule has 0 saturated carbocycles. The Morgan fingerprint density at radius 1 is 1.16 bits per heavy atom. The normalized spacial score (nSPS) is 10.2. The van der Waals surface area contributed by atoms with Crippen LogP contribution in [0.1, 0.15) is 15.9 Å². The molecule has 98 valence electrons. The molecule has 2 aromatic rings. The lowest BCUT2D eigenvalue weighted by molar-refractivity contribution is 0.0954. The maximum Gasteiger partial charge on any atom is 0.251 e. The van der Waals surface area contributed by atoms with Gasteiger partial charge in [-0.2, -0.15) is 0 Å². The van der Waals surface area contributed by atoms with Gasteiger partial charge in [-0.1, -0.05) is 23.7 Å². The topological polar surface area (TPSA) is 29.1 Å². The quantitative estimate of drug-likeness (QED) is 0.794. The summed E-state index contributed by atoms with van der Waals surface area (Å²) in [6.45, 7) is 0.602. The number of halogens is 2. The Bertz CT molecular complexity index is 569. The molecule has 2 aromatic carbocycles. The van der Waals surface area contributed by atoms with Crippen LogP contribution in [0.15, 0.2) is 48.5 Å². The number of carbonyl (C=O) groups is 1. The summed E-state index contributed by atoms with van der Waals surface area (Å²) < 4.78 is 1.12. The van der Waals surface area contributed by atoms with Crippen molar-refractivity contribution in [3.63, 3.8) is 0 Å². The van der Waals surface area contributed by atoms with Gasteiger partial charge in [0.2, 0.25) is 0 Å². The molecule has 4 heteroatoms. The average molecular weight is 386 g/mol. The molecule has 0 heterocycles. The van der Waals surface area contributed by atoms with Crippen molar-refractivity contribution in [2.45, 2.75) is 6.42 Å². The van der Waals surface area contributed by atoms with Crippen molar-refractivity contribution in [3.8, 4) is 0 Å². The monoisotopic (exact) mass is 385 g/mol. The van der Waals surface area contributed by atoms with Crippen molar-refractivity contribution in [3.05, 3.63) is 68.3 Å². The summed E-state index contributed by atoms with van der Waals surface area (Å²) in [5, 5.41) is 3.63. The van der Waals surface area contributed by atoms with Gasteiger partial charge < -0.3 is 5.32 Å². The smallest absolute Gasteiger partial charge is 0.251 e. The summed E-state index contributed by atoms with van der Waals surface area (Å²) in [6.07, 6.45) is 0.774. The van der Waals surface area contributed by atoms with Gasteiger partial charge in [0.25, 0.3) is 5.91 Å². The van der Waals surface area contributed by atoms with Crippen LogP contribution in [0.4, 0.5) is 0 Å². The van der Waals surface area contributed by atoms with E-state index in [4.69, 9.17) is 11.6 Å². The Labute approximate surface area is 131 Å². The van der Waals surface area contributed by atoms with Crippen LogP contribution in [0.3, 0.4) is 0 Å². The molecule has 0 spiro atoms. The van der Waals surface area contributed by atoms with Crippen LogP contribution in [-0.4, -0.2) is 12.5 Å². The predicted molar refractivity (Wildman–Crippen MR) is 86.6 cm³/mol. The summed E-state index contributed by atoms with van der Waals surface area (Å²) in [5.74, 6) is -0.0431. The minimum atomic E-state index is -0.0431. The largest absolute Gasteiger partial charge is 0.352 e. The van der Waals surface area contributed by atoms with E-state index in [9.17, 15) is 4.79 Å². The molecule has 0 aromatic heterocycles. The van der Waals surface area contributed by atoms with E-state index in [1.54, 1.807) is 0 Å². The number of nitrogens with one attached hydrogen (secondary N) is 1. The van der Waals surface area contributed by atoms with Gasteiger partial charge in [-0.05, 0) is 71.0 Å². The molecule has 0 bridgehead atoms. The minimum Gasteiger partial charge on any atom is -0.352 e. The zero-order valence-corrected chi connectivity index (χ0v) is 13.1. The van der Waals surface area contributed by atoms with E-state index < -0.39 is 0 Å². The molecule has 1 N–H and O–H groups in total. The maximum absolute atomic E-state index is 11.9. The van der Waals surface area contributed by atoms with Gasteiger partial charge in [0.1, 0.15) is 0 Å². The molecule has 0 aliphatic rings. The minimum absolute atomic E-state index is 0.0431. The summed E-state index contributed by atoms with van der Waals surface area (Å²) in [6, 6.07) is 15.2. The van der Waals surface area contributed by atoms with Crippen LogP contribution >= 0.6 is 34.2 Å². The third-order valence-corrected chi connectivity index (χ3v) is 3.65. The van der Waals surface area contributed by atoms with E-state index in [1.165, 1.54) is 0 Å². The van der Waals surface area contributed by atoms with Crippen molar-refractivity contribution < 1.29 is 4.79 Å². The van der Waals surface area contributed by atoms with Crippen LogP contribution in [0.5, 0.6) is 0 Å². The van der Waals surface area contributed by atoms with E-state index in [0.717, 1.165) is 20.6 Å². The summed E-state index contributed by atoms with van der Waals surface area (Å²) in [5.41, 5.74) is 1.81. The van der Waals surface area contributed by atoms with E-state index >= 15 is 0 Å². The zero-order valence-electron chi connectivity index (χ0n) is 10.2. The van der Waals surface area contributed by atoms with Crippen LogP contribution in [0.2, 0.25) is 5.02 Å². The van der Waals surface area contributed by atoms with Gasteiger partial charge in [0.05, 0.1) is 0 Å². The molecule has 0 radical (unpaired) electrons. The van der Waals surface area contributed by atoms with Crippen LogP contribution in [0.25, 0.3) is 0 Å². The molecule has 19 heavy (non-hydrogen) atoms. The van der Waals surface area contributed by atoms with E-state index in [0.29, 0.717) is 12.1 Å². The Balaban J connectivity index is 1.86. The summed E-state index contributed by atoms with van der Waals surface area (Å²) in [4.78, 5) is 11.9. The maximum atomic E-state index is 11.9. The Hall–Kier alpha value is -1.07. The second-order valence-electron chi connectivity index (χ2n) is 4.14. The molecule has 1 amide bonds. The molecule has 0 aliphatic heterocycles. The van der Waals surface area contributed by atoms with Crippen molar-refractivity contribution >= 4 is 40.1 Å². The Morgan fingerprint density at radius 3 is 2.58 bits per heavy atom. The van der Waals surface area contributed by atoms with Crippen molar-refractivity contribution in [2.24, 2.45) is 0 Å². The molecular weight excluding hydrogens is 373 g/mol. The molecule has 0 atom stereocenters. The molecule has 0 aliphatic carbocycles. The number of carbonyl (C=O) groups excluding carboxylic acids is 1. The third kappa shape index (κ3) is 4.51. The van der Waals surface area contributed by atoms with Crippen LogP contribution < -0.4 is 5.32 Å². The van der Waals surface area contributed by atoms with E-state index in [1.807, 2.05) is 48.5 Å². The molecule has 2 nitrogen and oxygen atoms in total. The Morgan fingerprint density at radius 2 is 1.89 bits per heavy atom. The van der Waals surface area contributed by atoms with Crippen LogP contribution in [-0.2, 0) is 6.42 Å². The lowest BCUT2D eigenvalue weighted by Crippen LogP contribution is -2.25. The Kier molecular flexibility index (Phi) is 5.22. The highest BCUT2D eigenvalue weighted by Crippen LogP contribution is 2.11. The number of rotatable bonds is 4. The summed E-state index contributed by atoms with van der Waals surface area (Å²) >= 11 is 8.12. The number of amides is 1. The van der Waals surface area contributed by atoms with Crippen molar-refractivity contribution in [2.75, 3.05) is 6.54 Å². The number of hydrogen-bond donors (Lipinski definition) is 1. The summed E-state index contributed by atoms with van der Waals surface area (Å²) in [7, 11) is 0. The SMILES string of the molecule is O=C(NCCc1cccc(Cl)c1)c1ccc(I)cc1. The van der Waals surface area contributed by atoms with Gasteiger partial charge >= 0.3 is 0 Å². The second-order valence-corrected chi connectivity index (χ2v) is 5.82. The molecule has 0 unspecified atom stereocenters. The first-order chi connectivity index (χ1) is 9.15. The van der Waals surface area contributed by atoms with Gasteiger partial charge in [-0.3, -0.25) is 4.79 Å². The first-order valence-corrected chi connectivity index (χ1v) is 7.39. The zero-order chi connectivity index (χ0) is 13.7. The fourth-order valence-electron chi connectivity index (χ4n) is 1.72. The number of benzene rings is 2. The van der Waals surface area contributed by atoms with E-state index in [2.05, 4.69) is 27.9 Å². The van der Waals surface area contributed by atoms with Crippen molar-refractivity contribution in [1.82, 2.24) is 5.32 Å². The standard InChI is InChI=1S/C15H13ClINO/c16-13-3-1-2-11(10-13)8-9-18-15(19)12-4-6-14(17)7-5-12/h1-7,10H,8-9H2,(H,18,19). The molecule has 0 saturated heterocycles. The molecular formula is C15H13ClINO. The molecule has 2 rings (SSSR count). The number of hydrogen-bond acceptors (Lipinski definition) is 1. The van der Waals surface area contributed by atoms with Crippen molar-refractivity contribution in [1.29, 1.82) is 0 Å².